The molecule has 1 heterocycles. The number of hydrogen-bond donors (Lipinski definition) is 1. The van der Waals surface area contributed by atoms with Crippen molar-refractivity contribution in [2.45, 2.75) is 44.6 Å². The Kier molecular flexibility index (Phi) is 9.12. The molecule has 0 spiro atoms. The van der Waals surface area contributed by atoms with Gasteiger partial charge in [0.05, 0.1) is 23.2 Å². The summed E-state index contributed by atoms with van der Waals surface area (Å²) in [6, 6.07) is 18.8. The molecule has 3 aromatic rings. The van der Waals surface area contributed by atoms with Crippen LogP contribution in [0.3, 0.4) is 0 Å². The predicted octanol–water partition coefficient (Wildman–Crippen LogP) is 5.53. The molecule has 7 nitrogen and oxygen atoms in total. The molecule has 0 bridgehead atoms. The summed E-state index contributed by atoms with van der Waals surface area (Å²) in [5.41, 5.74) is 2.38. The van der Waals surface area contributed by atoms with Crippen molar-refractivity contribution in [3.05, 3.63) is 84.2 Å². The third-order valence-electron chi connectivity index (χ3n) is 6.92. The first-order valence-corrected chi connectivity index (χ1v) is 14.8. The number of carbonyl (C=O) groups is 1. The van der Waals surface area contributed by atoms with E-state index in [1.807, 2.05) is 26.0 Å². The summed E-state index contributed by atoms with van der Waals surface area (Å²) in [7, 11) is -4.15. The number of halogens is 1. The van der Waals surface area contributed by atoms with E-state index in [0.29, 0.717) is 24.0 Å². The molecule has 2 atom stereocenters. The number of nitrogens with one attached hydrogen (secondary N) is 1. The number of hydrogen-bond acceptors (Lipinski definition) is 5. The van der Waals surface area contributed by atoms with Gasteiger partial charge in [-0.25, -0.2) is 12.8 Å². The van der Waals surface area contributed by atoms with Crippen molar-refractivity contribution in [2.24, 2.45) is 5.92 Å². The van der Waals surface area contributed by atoms with Gasteiger partial charge in [0.25, 0.3) is 10.0 Å². The second kappa shape index (κ2) is 12.5. The van der Waals surface area contributed by atoms with Crippen LogP contribution >= 0.6 is 0 Å². The number of ether oxygens (including phenoxy) is 1. The van der Waals surface area contributed by atoms with E-state index in [2.05, 4.69) is 29.3 Å². The van der Waals surface area contributed by atoms with Crippen molar-refractivity contribution in [1.29, 1.82) is 0 Å². The zero-order valence-electron chi connectivity index (χ0n) is 22.6. The number of amides is 1. The van der Waals surface area contributed by atoms with Crippen LogP contribution in [0.4, 0.5) is 15.8 Å². The monoisotopic (exact) mass is 553 g/mol. The zero-order chi connectivity index (χ0) is 28.0. The molecular formula is C30H36FN3O4S. The molecule has 1 fully saturated rings. The quantitative estimate of drug-likeness (QED) is 0.357. The van der Waals surface area contributed by atoms with E-state index in [-0.39, 0.29) is 10.9 Å². The molecule has 208 valence electrons. The molecule has 1 amide bonds. The number of piperidine rings is 1. The average molecular weight is 554 g/mol. The first kappa shape index (κ1) is 28.4. The molecular weight excluding hydrogens is 517 g/mol. The SMILES string of the molecule is CCOc1ccc(N(CC(=O)NC(C)c2ccc(N3CCCC(C)C3)cc2)S(=O)(=O)c2ccc(F)cc2)cc1. The van der Waals surface area contributed by atoms with Crippen LogP contribution < -0.4 is 19.3 Å². The van der Waals surface area contributed by atoms with Gasteiger partial charge in [-0.05, 0) is 98.8 Å². The topological polar surface area (TPSA) is 79.0 Å². The molecule has 1 aliphatic rings. The van der Waals surface area contributed by atoms with Crippen molar-refractivity contribution in [2.75, 3.05) is 35.4 Å². The molecule has 0 aliphatic carbocycles. The number of rotatable bonds is 10. The van der Waals surface area contributed by atoms with Crippen molar-refractivity contribution in [1.82, 2.24) is 5.32 Å². The number of sulfonamides is 1. The normalized spacial score (nSPS) is 16.4. The summed E-state index contributed by atoms with van der Waals surface area (Å²) in [5, 5.41) is 2.92. The Balaban J connectivity index is 1.50. The standard InChI is InChI=1S/C30H36FN3O4S/c1-4-38-28-15-13-27(14-16-28)34(39(36,37)29-17-9-25(31)10-18-29)21-30(35)32-23(3)24-7-11-26(12-8-24)33-19-5-6-22(2)20-33/h7-18,22-23H,4-6,19-21H2,1-3H3,(H,32,35). The fraction of sp³-hybridized carbons (Fsp3) is 0.367. The van der Waals surface area contributed by atoms with Gasteiger partial charge in [0, 0.05) is 18.8 Å². The van der Waals surface area contributed by atoms with Gasteiger partial charge in [-0.1, -0.05) is 19.1 Å². The van der Waals surface area contributed by atoms with Crippen molar-refractivity contribution in [3.8, 4) is 5.75 Å². The maximum atomic E-state index is 13.5. The summed E-state index contributed by atoms with van der Waals surface area (Å²) in [6.45, 7) is 8.09. The summed E-state index contributed by atoms with van der Waals surface area (Å²) >= 11 is 0. The third kappa shape index (κ3) is 7.09. The van der Waals surface area contributed by atoms with Crippen LogP contribution in [-0.2, 0) is 14.8 Å². The maximum Gasteiger partial charge on any atom is 0.264 e. The molecule has 1 aliphatic heterocycles. The molecule has 4 rings (SSSR count). The van der Waals surface area contributed by atoms with E-state index in [9.17, 15) is 17.6 Å². The summed E-state index contributed by atoms with van der Waals surface area (Å²) in [5.74, 6) is 0.243. The van der Waals surface area contributed by atoms with Crippen molar-refractivity contribution >= 4 is 27.3 Å². The van der Waals surface area contributed by atoms with Crippen molar-refractivity contribution in [3.63, 3.8) is 0 Å². The highest BCUT2D eigenvalue weighted by Crippen LogP contribution is 2.27. The number of nitrogens with zero attached hydrogens (tertiary/aromatic N) is 2. The smallest absolute Gasteiger partial charge is 0.264 e. The van der Waals surface area contributed by atoms with Gasteiger partial charge in [0.1, 0.15) is 18.1 Å². The average Bonchev–Trinajstić information content (AvgIpc) is 2.93. The first-order valence-electron chi connectivity index (χ1n) is 13.3. The highest BCUT2D eigenvalue weighted by Gasteiger charge is 2.28. The van der Waals surface area contributed by atoms with Gasteiger partial charge in [-0.2, -0.15) is 0 Å². The van der Waals surface area contributed by atoms with Crippen LogP contribution in [0.1, 0.15) is 45.2 Å². The maximum absolute atomic E-state index is 13.5. The second-order valence-corrected chi connectivity index (χ2v) is 11.8. The van der Waals surface area contributed by atoms with E-state index in [4.69, 9.17) is 4.74 Å². The minimum Gasteiger partial charge on any atom is -0.494 e. The van der Waals surface area contributed by atoms with Gasteiger partial charge in [0.2, 0.25) is 5.91 Å². The summed E-state index contributed by atoms with van der Waals surface area (Å²) < 4.78 is 47.1. The molecule has 1 N–H and O–H groups in total. The Morgan fingerprint density at radius 1 is 1.08 bits per heavy atom. The second-order valence-electron chi connectivity index (χ2n) is 9.97. The Morgan fingerprint density at radius 2 is 1.74 bits per heavy atom. The lowest BCUT2D eigenvalue weighted by atomic mass is 9.99. The Labute approximate surface area is 230 Å². The molecule has 1 saturated heterocycles. The molecule has 0 aromatic heterocycles. The molecule has 39 heavy (non-hydrogen) atoms. The predicted molar refractivity (Wildman–Crippen MR) is 152 cm³/mol. The Hall–Kier alpha value is -3.59. The van der Waals surface area contributed by atoms with Crippen LogP contribution in [0.25, 0.3) is 0 Å². The zero-order valence-corrected chi connectivity index (χ0v) is 23.5. The minimum absolute atomic E-state index is 0.110. The van der Waals surface area contributed by atoms with Crippen LogP contribution in [-0.4, -0.2) is 40.6 Å². The first-order chi connectivity index (χ1) is 18.7. The fourth-order valence-corrected chi connectivity index (χ4v) is 6.24. The Bertz CT molecular complexity index is 1350. The van der Waals surface area contributed by atoms with Crippen LogP contribution in [0.5, 0.6) is 5.75 Å². The van der Waals surface area contributed by atoms with Crippen LogP contribution in [0, 0.1) is 11.7 Å². The van der Waals surface area contributed by atoms with Crippen molar-refractivity contribution < 1.29 is 22.3 Å². The van der Waals surface area contributed by atoms with Crippen LogP contribution in [0.2, 0.25) is 0 Å². The lowest BCUT2D eigenvalue weighted by molar-refractivity contribution is -0.120. The lowest BCUT2D eigenvalue weighted by Crippen LogP contribution is -2.41. The number of anilines is 2. The third-order valence-corrected chi connectivity index (χ3v) is 8.71. The van der Waals surface area contributed by atoms with E-state index < -0.39 is 28.3 Å². The molecule has 2 unspecified atom stereocenters. The van der Waals surface area contributed by atoms with E-state index in [1.54, 1.807) is 24.3 Å². The molecule has 9 heteroatoms. The van der Waals surface area contributed by atoms with Gasteiger partial charge < -0.3 is 15.0 Å². The molecule has 0 radical (unpaired) electrons. The van der Waals surface area contributed by atoms with Gasteiger partial charge in [-0.15, -0.1) is 0 Å². The number of carbonyl (C=O) groups excluding carboxylic acids is 1. The molecule has 3 aromatic carbocycles. The Morgan fingerprint density at radius 3 is 2.36 bits per heavy atom. The fourth-order valence-electron chi connectivity index (χ4n) is 4.82. The highest BCUT2D eigenvalue weighted by molar-refractivity contribution is 7.92. The van der Waals surface area contributed by atoms with Crippen LogP contribution in [0.15, 0.2) is 77.7 Å². The van der Waals surface area contributed by atoms with E-state index >= 15 is 0 Å². The van der Waals surface area contributed by atoms with Gasteiger partial charge >= 0.3 is 0 Å². The van der Waals surface area contributed by atoms with Gasteiger partial charge in [0.15, 0.2) is 0 Å². The highest BCUT2D eigenvalue weighted by atomic mass is 32.2. The van der Waals surface area contributed by atoms with Gasteiger partial charge in [-0.3, -0.25) is 9.10 Å². The summed E-state index contributed by atoms with van der Waals surface area (Å²) in [4.78, 5) is 15.4. The lowest BCUT2D eigenvalue weighted by Gasteiger charge is -2.33. The largest absolute Gasteiger partial charge is 0.494 e. The minimum atomic E-state index is -4.15. The summed E-state index contributed by atoms with van der Waals surface area (Å²) in [6.07, 6.45) is 2.43. The van der Waals surface area contributed by atoms with E-state index in [0.717, 1.165) is 40.8 Å². The molecule has 0 saturated carbocycles. The van der Waals surface area contributed by atoms with E-state index in [1.165, 1.54) is 25.0 Å². The number of benzene rings is 3.